The van der Waals surface area contributed by atoms with E-state index in [1.54, 1.807) is 10.4 Å². The second kappa shape index (κ2) is 5.98. The summed E-state index contributed by atoms with van der Waals surface area (Å²) in [6.07, 6.45) is 2.05. The number of nitrogens with zero attached hydrogens (tertiary/aromatic N) is 1. The third-order valence-corrected chi connectivity index (χ3v) is 4.26. The minimum atomic E-state index is -0.0561. The molecule has 3 nitrogen and oxygen atoms in total. The smallest absolute Gasteiger partial charge is 0.306 e. The summed E-state index contributed by atoms with van der Waals surface area (Å²) in [5.41, 5.74) is 0.834. The second-order valence-electron chi connectivity index (χ2n) is 3.66. The van der Waals surface area contributed by atoms with Crippen LogP contribution < -0.4 is 5.32 Å². The molecule has 0 atom stereocenters. The van der Waals surface area contributed by atoms with Crippen molar-refractivity contribution in [2.45, 2.75) is 17.7 Å². The van der Waals surface area contributed by atoms with Crippen LogP contribution in [0.5, 0.6) is 0 Å². The maximum atomic E-state index is 11.8. The molecule has 0 aromatic heterocycles. The van der Waals surface area contributed by atoms with Gasteiger partial charge in [-0.1, -0.05) is 27.5 Å². The van der Waals surface area contributed by atoms with E-state index in [-0.39, 0.29) is 6.03 Å². The molecule has 0 radical (unpaired) electrons. The van der Waals surface area contributed by atoms with Crippen LogP contribution in [0.4, 0.5) is 10.5 Å². The van der Waals surface area contributed by atoms with Gasteiger partial charge in [0.2, 0.25) is 0 Å². The maximum absolute atomic E-state index is 11.8. The van der Waals surface area contributed by atoms with Crippen molar-refractivity contribution in [3.8, 4) is 0 Å². The van der Waals surface area contributed by atoms with E-state index >= 15 is 0 Å². The number of unbranched alkanes of at least 4 members (excludes halogenated alkanes) is 1. The first-order valence-electron chi connectivity index (χ1n) is 5.32. The highest BCUT2D eigenvalue weighted by Gasteiger charge is 2.23. The number of urea groups is 1. The highest BCUT2D eigenvalue weighted by molar-refractivity contribution is 9.09. The molecule has 92 valence electrons. The zero-order valence-corrected chi connectivity index (χ0v) is 12.2. The number of hydrogen-bond acceptors (Lipinski definition) is 2. The van der Waals surface area contributed by atoms with Crippen LogP contribution in [0.2, 0.25) is 5.02 Å². The van der Waals surface area contributed by atoms with Gasteiger partial charge in [-0.15, -0.1) is 0 Å². The van der Waals surface area contributed by atoms with Crippen molar-refractivity contribution in [1.29, 1.82) is 0 Å². The molecule has 1 N–H and O–H groups in total. The summed E-state index contributed by atoms with van der Waals surface area (Å²) < 4.78 is 1.74. The molecule has 1 heterocycles. The Kier molecular flexibility index (Phi) is 4.59. The lowest BCUT2D eigenvalue weighted by Gasteiger charge is -2.27. The fourth-order valence-corrected chi connectivity index (χ4v) is 3.13. The Hall–Kier alpha value is -0.390. The van der Waals surface area contributed by atoms with Crippen molar-refractivity contribution < 1.29 is 4.79 Å². The van der Waals surface area contributed by atoms with E-state index in [0.717, 1.165) is 35.3 Å². The van der Waals surface area contributed by atoms with Gasteiger partial charge in [0.05, 0.1) is 10.6 Å². The Morgan fingerprint density at radius 1 is 1.41 bits per heavy atom. The van der Waals surface area contributed by atoms with Crippen molar-refractivity contribution in [1.82, 2.24) is 4.31 Å². The molecule has 0 saturated heterocycles. The van der Waals surface area contributed by atoms with Crippen LogP contribution in [-0.4, -0.2) is 22.2 Å². The molecule has 2 rings (SSSR count). The van der Waals surface area contributed by atoms with Gasteiger partial charge < -0.3 is 5.32 Å². The number of rotatable bonds is 4. The lowest BCUT2D eigenvalue weighted by atomic mass is 10.3. The van der Waals surface area contributed by atoms with Crippen LogP contribution in [0.3, 0.4) is 0 Å². The van der Waals surface area contributed by atoms with Gasteiger partial charge in [-0.05, 0) is 43.0 Å². The Bertz CT molecular complexity index is 430. The molecule has 2 amide bonds. The summed E-state index contributed by atoms with van der Waals surface area (Å²) in [7, 11) is 0. The number of anilines is 1. The summed E-state index contributed by atoms with van der Waals surface area (Å²) in [5.74, 6) is 0. The van der Waals surface area contributed by atoms with Gasteiger partial charge in [-0.2, -0.15) is 0 Å². The minimum Gasteiger partial charge on any atom is -0.306 e. The zero-order chi connectivity index (χ0) is 12.3. The number of hydrogen-bond donors (Lipinski definition) is 1. The van der Waals surface area contributed by atoms with E-state index in [4.69, 9.17) is 11.6 Å². The Balaban J connectivity index is 2.06. The van der Waals surface area contributed by atoms with Crippen molar-refractivity contribution in [3.05, 3.63) is 23.2 Å². The standard InChI is InChI=1S/C11H12BrClN2OS/c12-5-1-2-6-15-11(16)14-9-4-3-8(13)7-10(9)17-15/h3-4,7H,1-2,5-6H2,(H,14,16). The average molecular weight is 336 g/mol. The van der Waals surface area contributed by atoms with Crippen molar-refractivity contribution >= 4 is 51.2 Å². The zero-order valence-electron chi connectivity index (χ0n) is 9.08. The number of fused-ring (bicyclic) bond motifs is 1. The maximum Gasteiger partial charge on any atom is 0.332 e. The van der Waals surface area contributed by atoms with Gasteiger partial charge in [0, 0.05) is 16.9 Å². The Labute approximate surface area is 118 Å². The predicted molar refractivity (Wildman–Crippen MR) is 76.1 cm³/mol. The normalized spacial score (nSPS) is 14.5. The molecule has 1 aromatic rings. The van der Waals surface area contributed by atoms with E-state index in [1.165, 1.54) is 11.9 Å². The van der Waals surface area contributed by atoms with Gasteiger partial charge in [0.1, 0.15) is 0 Å². The Morgan fingerprint density at radius 3 is 3.00 bits per heavy atom. The highest BCUT2D eigenvalue weighted by atomic mass is 79.9. The van der Waals surface area contributed by atoms with E-state index in [2.05, 4.69) is 21.2 Å². The largest absolute Gasteiger partial charge is 0.332 e. The fourth-order valence-electron chi connectivity index (χ4n) is 1.51. The van der Waals surface area contributed by atoms with E-state index in [0.29, 0.717) is 5.02 Å². The fraction of sp³-hybridized carbons (Fsp3) is 0.364. The number of alkyl halides is 1. The number of carbonyl (C=O) groups excluding carboxylic acids is 1. The summed E-state index contributed by atoms with van der Waals surface area (Å²) in [6.45, 7) is 0.744. The third-order valence-electron chi connectivity index (χ3n) is 2.37. The topological polar surface area (TPSA) is 32.3 Å². The highest BCUT2D eigenvalue weighted by Crippen LogP contribution is 2.36. The summed E-state index contributed by atoms with van der Waals surface area (Å²) >= 11 is 10.8. The molecule has 0 unspecified atom stereocenters. The molecule has 0 spiro atoms. The van der Waals surface area contributed by atoms with Gasteiger partial charge in [0.15, 0.2) is 0 Å². The number of benzene rings is 1. The van der Waals surface area contributed by atoms with Crippen molar-refractivity contribution in [2.75, 3.05) is 17.2 Å². The lowest BCUT2D eigenvalue weighted by molar-refractivity contribution is 0.237. The van der Waals surface area contributed by atoms with Crippen LogP contribution >= 0.6 is 39.5 Å². The number of halogens is 2. The van der Waals surface area contributed by atoms with Gasteiger partial charge in [0.25, 0.3) is 0 Å². The summed E-state index contributed by atoms with van der Waals surface area (Å²) in [5, 5.41) is 4.52. The molecule has 0 saturated carbocycles. The third kappa shape index (κ3) is 3.30. The van der Waals surface area contributed by atoms with E-state index in [1.807, 2.05) is 12.1 Å². The van der Waals surface area contributed by atoms with Crippen LogP contribution in [-0.2, 0) is 0 Å². The molecule has 1 aliphatic heterocycles. The van der Waals surface area contributed by atoms with E-state index < -0.39 is 0 Å². The summed E-state index contributed by atoms with van der Waals surface area (Å²) in [6, 6.07) is 5.43. The molecule has 1 aliphatic rings. The molecular weight excluding hydrogens is 324 g/mol. The van der Waals surface area contributed by atoms with Crippen LogP contribution in [0.25, 0.3) is 0 Å². The molecule has 1 aromatic carbocycles. The lowest BCUT2D eigenvalue weighted by Crippen LogP contribution is -2.33. The van der Waals surface area contributed by atoms with Crippen molar-refractivity contribution in [2.24, 2.45) is 0 Å². The van der Waals surface area contributed by atoms with Gasteiger partial charge >= 0.3 is 6.03 Å². The Morgan fingerprint density at radius 2 is 2.24 bits per heavy atom. The van der Waals surface area contributed by atoms with Crippen LogP contribution in [0.15, 0.2) is 23.1 Å². The first kappa shape index (κ1) is 13.1. The number of carbonyl (C=O) groups is 1. The average Bonchev–Trinajstić information content (AvgIpc) is 2.31. The quantitative estimate of drug-likeness (QED) is 0.503. The second-order valence-corrected chi connectivity index (χ2v) is 5.95. The van der Waals surface area contributed by atoms with E-state index in [9.17, 15) is 4.79 Å². The first-order valence-corrected chi connectivity index (χ1v) is 7.60. The number of nitrogens with one attached hydrogen (secondary N) is 1. The predicted octanol–water partition coefficient (Wildman–Crippen LogP) is 4.37. The summed E-state index contributed by atoms with van der Waals surface area (Å²) in [4.78, 5) is 12.8. The molecule has 0 bridgehead atoms. The first-order chi connectivity index (χ1) is 8.20. The number of amides is 2. The minimum absolute atomic E-state index is 0.0561. The molecule has 0 aliphatic carbocycles. The van der Waals surface area contributed by atoms with Crippen LogP contribution in [0, 0.1) is 0 Å². The molecule has 6 heteroatoms. The molecular formula is C11H12BrClN2OS. The SMILES string of the molecule is O=C1Nc2ccc(Cl)cc2SN1CCCCBr. The van der Waals surface area contributed by atoms with Crippen molar-refractivity contribution in [3.63, 3.8) is 0 Å². The van der Waals surface area contributed by atoms with Gasteiger partial charge in [-0.3, -0.25) is 4.31 Å². The monoisotopic (exact) mass is 334 g/mol. The molecule has 17 heavy (non-hydrogen) atoms. The van der Waals surface area contributed by atoms with Gasteiger partial charge in [-0.25, -0.2) is 4.79 Å². The van der Waals surface area contributed by atoms with Crippen LogP contribution in [0.1, 0.15) is 12.8 Å². The molecule has 0 fully saturated rings.